The zero-order valence-electron chi connectivity index (χ0n) is 16.2. The molecule has 5 nitrogen and oxygen atoms in total. The Morgan fingerprint density at radius 1 is 0.767 bits per heavy atom. The van der Waals surface area contributed by atoms with E-state index in [-0.39, 0.29) is 10.6 Å². The van der Waals surface area contributed by atoms with E-state index in [2.05, 4.69) is 15.4 Å². The van der Waals surface area contributed by atoms with Crippen molar-refractivity contribution in [2.45, 2.75) is 18.7 Å². The molecule has 9 heteroatoms. The molecule has 0 bridgehead atoms. The van der Waals surface area contributed by atoms with Gasteiger partial charge < -0.3 is 10.6 Å². The Morgan fingerprint density at radius 3 is 1.93 bits per heavy atom. The number of nitrogens with one attached hydrogen (secondary N) is 3. The maximum absolute atomic E-state index is 12.6. The molecular formula is C21H19Cl2N3O2S2. The molecule has 0 saturated carbocycles. The summed E-state index contributed by atoms with van der Waals surface area (Å²) in [6.45, 7) is 4.07. The Balaban J connectivity index is 1.67. The summed E-state index contributed by atoms with van der Waals surface area (Å²) in [5.41, 5.74) is 4.17. The third-order valence-corrected chi connectivity index (χ3v) is 6.34. The second-order valence-electron chi connectivity index (χ2n) is 6.67. The molecule has 0 amide bonds. The van der Waals surface area contributed by atoms with Crippen LogP contribution in [0.5, 0.6) is 0 Å². The predicted octanol–water partition coefficient (Wildman–Crippen LogP) is 6.22. The zero-order valence-corrected chi connectivity index (χ0v) is 19.3. The van der Waals surface area contributed by atoms with Crippen LogP contribution in [0.25, 0.3) is 0 Å². The van der Waals surface area contributed by atoms with Gasteiger partial charge in [0.05, 0.1) is 10.6 Å². The highest BCUT2D eigenvalue weighted by Crippen LogP contribution is 2.25. The van der Waals surface area contributed by atoms with E-state index in [9.17, 15) is 8.42 Å². The largest absolute Gasteiger partial charge is 0.332 e. The first-order chi connectivity index (χ1) is 14.1. The second kappa shape index (κ2) is 9.22. The van der Waals surface area contributed by atoms with Crippen LogP contribution >= 0.6 is 35.4 Å². The van der Waals surface area contributed by atoms with Gasteiger partial charge in [0.2, 0.25) is 0 Å². The van der Waals surface area contributed by atoms with Gasteiger partial charge in [-0.3, -0.25) is 4.72 Å². The van der Waals surface area contributed by atoms with Crippen LogP contribution in [0, 0.1) is 13.8 Å². The molecule has 0 fully saturated rings. The van der Waals surface area contributed by atoms with Gasteiger partial charge in [0.1, 0.15) is 0 Å². The van der Waals surface area contributed by atoms with Crippen molar-refractivity contribution in [1.29, 1.82) is 0 Å². The molecule has 0 aliphatic rings. The van der Waals surface area contributed by atoms with Gasteiger partial charge in [-0.2, -0.15) is 0 Å². The van der Waals surface area contributed by atoms with Gasteiger partial charge >= 0.3 is 0 Å². The quantitative estimate of drug-likeness (QED) is 0.378. The van der Waals surface area contributed by atoms with Crippen molar-refractivity contribution in [1.82, 2.24) is 0 Å². The number of thiocarbonyl (C=S) groups is 1. The number of sulfonamides is 1. The highest BCUT2D eigenvalue weighted by molar-refractivity contribution is 7.92. The van der Waals surface area contributed by atoms with E-state index in [1.165, 1.54) is 35.9 Å². The van der Waals surface area contributed by atoms with E-state index in [0.717, 1.165) is 11.3 Å². The summed E-state index contributed by atoms with van der Waals surface area (Å²) in [6, 6.07) is 16.7. The van der Waals surface area contributed by atoms with Crippen LogP contribution in [0.1, 0.15) is 11.1 Å². The number of benzene rings is 3. The van der Waals surface area contributed by atoms with Gasteiger partial charge in [-0.1, -0.05) is 29.3 Å². The van der Waals surface area contributed by atoms with Crippen molar-refractivity contribution in [3.8, 4) is 0 Å². The smallest absolute Gasteiger partial charge is 0.261 e. The van der Waals surface area contributed by atoms with Crippen LogP contribution in [0.15, 0.2) is 65.6 Å². The summed E-state index contributed by atoms with van der Waals surface area (Å²) in [5.74, 6) is 0. The van der Waals surface area contributed by atoms with Crippen molar-refractivity contribution in [2.24, 2.45) is 0 Å². The van der Waals surface area contributed by atoms with Crippen LogP contribution in [0.2, 0.25) is 10.0 Å². The Labute approximate surface area is 191 Å². The lowest BCUT2D eigenvalue weighted by atomic mass is 10.1. The minimum atomic E-state index is -3.79. The number of anilines is 3. The van der Waals surface area contributed by atoms with Gasteiger partial charge in [0, 0.05) is 21.4 Å². The normalized spacial score (nSPS) is 11.1. The molecule has 0 aliphatic carbocycles. The average Bonchev–Trinajstić information content (AvgIpc) is 2.64. The van der Waals surface area contributed by atoms with Crippen molar-refractivity contribution >= 4 is 67.6 Å². The first-order valence-corrected chi connectivity index (χ1v) is 11.5. The fraction of sp³-hybridized carbons (Fsp3) is 0.0952. The lowest BCUT2D eigenvalue weighted by Gasteiger charge is -2.13. The molecule has 0 aromatic heterocycles. The summed E-state index contributed by atoms with van der Waals surface area (Å²) in [4.78, 5) is 0.0946. The SMILES string of the molecule is Cc1ccc(NC(=S)Nc2ccc(S(=O)(=O)Nc3cc(Cl)cc(Cl)c3)cc2)cc1C. The number of hydrogen-bond acceptors (Lipinski definition) is 3. The van der Waals surface area contributed by atoms with Gasteiger partial charge in [0.25, 0.3) is 10.0 Å². The lowest BCUT2D eigenvalue weighted by Crippen LogP contribution is -2.19. The molecule has 3 aromatic carbocycles. The minimum absolute atomic E-state index is 0.0946. The highest BCUT2D eigenvalue weighted by Gasteiger charge is 2.15. The summed E-state index contributed by atoms with van der Waals surface area (Å²) in [5, 5.41) is 7.23. The van der Waals surface area contributed by atoms with Crippen LogP contribution in [-0.4, -0.2) is 13.5 Å². The zero-order chi connectivity index (χ0) is 21.9. The molecule has 0 spiro atoms. The highest BCUT2D eigenvalue weighted by atomic mass is 35.5. The molecular weight excluding hydrogens is 461 g/mol. The summed E-state index contributed by atoms with van der Waals surface area (Å²) in [7, 11) is -3.79. The molecule has 156 valence electrons. The van der Waals surface area contributed by atoms with Gasteiger partial charge in [-0.15, -0.1) is 0 Å². The number of halogens is 2. The van der Waals surface area contributed by atoms with E-state index in [0.29, 0.717) is 20.8 Å². The third kappa shape index (κ3) is 5.86. The van der Waals surface area contributed by atoms with Gasteiger partial charge in [0.15, 0.2) is 5.11 Å². The monoisotopic (exact) mass is 479 g/mol. The molecule has 0 atom stereocenters. The van der Waals surface area contributed by atoms with E-state index >= 15 is 0 Å². The Morgan fingerprint density at radius 2 is 1.33 bits per heavy atom. The van der Waals surface area contributed by atoms with E-state index < -0.39 is 10.0 Å². The molecule has 0 aliphatic heterocycles. The summed E-state index contributed by atoms with van der Waals surface area (Å²) in [6.07, 6.45) is 0. The van der Waals surface area contributed by atoms with E-state index in [1.54, 1.807) is 12.1 Å². The Hall–Kier alpha value is -2.32. The van der Waals surface area contributed by atoms with Gasteiger partial charge in [-0.05, 0) is 91.8 Å². The second-order valence-corrected chi connectivity index (χ2v) is 9.63. The predicted molar refractivity (Wildman–Crippen MR) is 129 cm³/mol. The Kier molecular flexibility index (Phi) is 6.88. The molecule has 0 radical (unpaired) electrons. The lowest BCUT2D eigenvalue weighted by molar-refractivity contribution is 0.601. The maximum Gasteiger partial charge on any atom is 0.261 e. The standard InChI is InChI=1S/C21H19Cl2N3O2S2/c1-13-3-4-18(9-14(13)2)25-21(29)24-17-5-7-20(8-6-17)30(27,28)26-19-11-15(22)10-16(23)12-19/h3-12,26H,1-2H3,(H2,24,25,29). The first kappa shape index (κ1) is 22.4. The molecule has 0 saturated heterocycles. The molecule has 0 heterocycles. The Bertz CT molecular complexity index is 1180. The number of rotatable bonds is 5. The van der Waals surface area contributed by atoms with Crippen LogP contribution in [-0.2, 0) is 10.0 Å². The summed E-state index contributed by atoms with van der Waals surface area (Å²) < 4.78 is 27.7. The average molecular weight is 480 g/mol. The molecule has 30 heavy (non-hydrogen) atoms. The van der Waals surface area contributed by atoms with Crippen molar-refractivity contribution in [3.63, 3.8) is 0 Å². The maximum atomic E-state index is 12.6. The third-order valence-electron chi connectivity index (χ3n) is 4.30. The van der Waals surface area contributed by atoms with Crippen molar-refractivity contribution in [3.05, 3.63) is 81.8 Å². The van der Waals surface area contributed by atoms with Crippen molar-refractivity contribution in [2.75, 3.05) is 15.4 Å². The summed E-state index contributed by atoms with van der Waals surface area (Å²) >= 11 is 17.2. The number of hydrogen-bond donors (Lipinski definition) is 3. The first-order valence-electron chi connectivity index (χ1n) is 8.87. The van der Waals surface area contributed by atoms with Gasteiger partial charge in [-0.25, -0.2) is 8.42 Å². The fourth-order valence-electron chi connectivity index (χ4n) is 2.66. The van der Waals surface area contributed by atoms with E-state index in [1.807, 2.05) is 32.0 Å². The molecule has 3 aromatic rings. The molecule has 3 rings (SSSR count). The molecule has 3 N–H and O–H groups in total. The topological polar surface area (TPSA) is 70.2 Å². The fourth-order valence-corrected chi connectivity index (χ4v) is 4.46. The van der Waals surface area contributed by atoms with Crippen LogP contribution in [0.3, 0.4) is 0 Å². The molecule has 0 unspecified atom stereocenters. The van der Waals surface area contributed by atoms with E-state index in [4.69, 9.17) is 35.4 Å². The number of aryl methyl sites for hydroxylation is 2. The van der Waals surface area contributed by atoms with Crippen LogP contribution in [0.4, 0.5) is 17.1 Å². The van der Waals surface area contributed by atoms with Crippen LogP contribution < -0.4 is 15.4 Å². The minimum Gasteiger partial charge on any atom is -0.332 e. The van der Waals surface area contributed by atoms with Crippen molar-refractivity contribution < 1.29 is 8.42 Å².